The minimum atomic E-state index is 0.0520. The molecule has 142 valence electrons. The predicted octanol–water partition coefficient (Wildman–Crippen LogP) is 5.84. The second kappa shape index (κ2) is 7.99. The minimum Gasteiger partial charge on any atom is -0.392 e. The predicted molar refractivity (Wildman–Crippen MR) is 116 cm³/mol. The molecule has 1 N–H and O–H groups in total. The Kier molecular flexibility index (Phi) is 5.27. The number of para-hydroxylation sites is 2. The van der Waals surface area contributed by atoms with Crippen LogP contribution >= 0.6 is 0 Å². The Morgan fingerprint density at radius 1 is 0.893 bits per heavy atom. The molecule has 0 aliphatic rings. The molecule has 0 fully saturated rings. The minimum absolute atomic E-state index is 0.0520. The molecule has 0 aliphatic heterocycles. The number of hydrogen-bond donors (Lipinski definition) is 1. The van der Waals surface area contributed by atoms with Crippen LogP contribution in [0.25, 0.3) is 27.8 Å². The second-order valence-electron chi connectivity index (χ2n) is 7.24. The van der Waals surface area contributed by atoms with Gasteiger partial charge in [-0.15, -0.1) is 0 Å². The van der Waals surface area contributed by atoms with E-state index in [1.165, 1.54) is 11.1 Å². The molecule has 0 atom stereocenters. The van der Waals surface area contributed by atoms with Gasteiger partial charge in [-0.2, -0.15) is 0 Å². The van der Waals surface area contributed by atoms with E-state index < -0.39 is 0 Å². The van der Waals surface area contributed by atoms with Gasteiger partial charge in [-0.1, -0.05) is 55.8 Å². The van der Waals surface area contributed by atoms with E-state index >= 15 is 0 Å². The van der Waals surface area contributed by atoms with Gasteiger partial charge in [0.25, 0.3) is 0 Å². The Labute approximate surface area is 166 Å². The van der Waals surface area contributed by atoms with Crippen molar-refractivity contribution in [2.24, 2.45) is 0 Å². The third-order valence-corrected chi connectivity index (χ3v) is 5.35. The number of aliphatic hydroxyl groups excluding tert-OH is 1. The summed E-state index contributed by atoms with van der Waals surface area (Å²) in [6.45, 7) is 4.33. The first-order valence-corrected chi connectivity index (χ1v) is 9.99. The molecule has 0 bridgehead atoms. The number of aryl methyl sites for hydroxylation is 2. The van der Waals surface area contributed by atoms with Crippen LogP contribution in [-0.2, 0) is 13.0 Å². The number of rotatable bonds is 6. The van der Waals surface area contributed by atoms with Gasteiger partial charge in [0.15, 0.2) is 0 Å². The first-order valence-electron chi connectivity index (χ1n) is 9.99. The summed E-state index contributed by atoms with van der Waals surface area (Å²) in [7, 11) is 0. The number of aromatic nitrogens is 2. The molecule has 4 aromatic rings. The molecule has 0 spiro atoms. The molecule has 1 heterocycles. The average molecular weight is 370 g/mol. The molecule has 0 amide bonds. The maximum absolute atomic E-state index is 9.79. The lowest BCUT2D eigenvalue weighted by Gasteiger charge is -2.16. The van der Waals surface area contributed by atoms with E-state index in [1.807, 2.05) is 24.3 Å². The highest BCUT2D eigenvalue weighted by Crippen LogP contribution is 2.31. The van der Waals surface area contributed by atoms with Crippen molar-refractivity contribution >= 4 is 11.0 Å². The van der Waals surface area contributed by atoms with Crippen LogP contribution in [-0.4, -0.2) is 14.7 Å². The van der Waals surface area contributed by atoms with E-state index in [1.54, 1.807) is 0 Å². The molecule has 3 heteroatoms. The topological polar surface area (TPSA) is 38.0 Å². The molecule has 1 aromatic heterocycles. The molecule has 4 rings (SSSR count). The highest BCUT2D eigenvalue weighted by Gasteiger charge is 2.13. The van der Waals surface area contributed by atoms with E-state index in [4.69, 9.17) is 4.98 Å². The largest absolute Gasteiger partial charge is 0.392 e. The Hall–Kier alpha value is -2.91. The number of hydrogen-bond acceptors (Lipinski definition) is 2. The summed E-state index contributed by atoms with van der Waals surface area (Å²) in [4.78, 5) is 4.72. The fourth-order valence-electron chi connectivity index (χ4n) is 3.95. The number of aliphatic hydroxyl groups is 1. The van der Waals surface area contributed by atoms with Crippen molar-refractivity contribution in [3.8, 4) is 16.8 Å². The monoisotopic (exact) mass is 370 g/mol. The number of nitrogens with zero attached hydrogens (tertiary/aromatic N) is 2. The Morgan fingerprint density at radius 2 is 1.64 bits per heavy atom. The normalized spacial score (nSPS) is 11.2. The van der Waals surface area contributed by atoms with E-state index in [2.05, 4.69) is 60.9 Å². The smallest absolute Gasteiger partial charge is 0.111 e. The zero-order valence-corrected chi connectivity index (χ0v) is 16.5. The van der Waals surface area contributed by atoms with Gasteiger partial charge in [0, 0.05) is 5.69 Å². The van der Waals surface area contributed by atoms with Gasteiger partial charge in [0.1, 0.15) is 5.82 Å². The van der Waals surface area contributed by atoms with Gasteiger partial charge >= 0.3 is 0 Å². The molecule has 3 aromatic carbocycles. The highest BCUT2D eigenvalue weighted by atomic mass is 16.3. The maximum atomic E-state index is 9.79. The number of imidazole rings is 1. The summed E-state index contributed by atoms with van der Waals surface area (Å²) < 4.78 is 2.23. The van der Waals surface area contributed by atoms with Gasteiger partial charge < -0.3 is 5.11 Å². The third kappa shape index (κ3) is 3.34. The number of benzene rings is 3. The summed E-state index contributed by atoms with van der Waals surface area (Å²) in [5, 5.41) is 9.79. The molecule has 0 aliphatic carbocycles. The van der Waals surface area contributed by atoms with Crippen molar-refractivity contribution in [3.05, 3.63) is 83.7 Å². The van der Waals surface area contributed by atoms with Crippen LogP contribution in [0.5, 0.6) is 0 Å². The van der Waals surface area contributed by atoms with Crippen molar-refractivity contribution < 1.29 is 5.11 Å². The van der Waals surface area contributed by atoms with Crippen molar-refractivity contribution in [1.29, 1.82) is 0 Å². The van der Waals surface area contributed by atoms with Gasteiger partial charge in [-0.05, 0) is 66.3 Å². The summed E-state index contributed by atoms with van der Waals surface area (Å²) in [5.41, 5.74) is 7.91. The van der Waals surface area contributed by atoms with E-state index in [0.717, 1.165) is 52.9 Å². The van der Waals surface area contributed by atoms with Crippen LogP contribution in [0.1, 0.15) is 36.7 Å². The van der Waals surface area contributed by atoms with Crippen molar-refractivity contribution in [2.45, 2.75) is 39.7 Å². The first kappa shape index (κ1) is 18.5. The van der Waals surface area contributed by atoms with Crippen LogP contribution in [0.15, 0.2) is 66.7 Å². The Bertz CT molecular complexity index is 1110. The quantitative estimate of drug-likeness (QED) is 0.463. The lowest BCUT2D eigenvalue weighted by Crippen LogP contribution is -2.01. The number of fused-ring (bicyclic) bond motifs is 1. The van der Waals surface area contributed by atoms with Crippen molar-refractivity contribution in [1.82, 2.24) is 9.55 Å². The summed E-state index contributed by atoms with van der Waals surface area (Å²) in [6, 6.07) is 23.1. The van der Waals surface area contributed by atoms with Crippen LogP contribution in [0.3, 0.4) is 0 Å². The molecule has 28 heavy (non-hydrogen) atoms. The summed E-state index contributed by atoms with van der Waals surface area (Å²) in [6.07, 6.45) is 3.31. The average Bonchev–Trinajstić information content (AvgIpc) is 3.07. The van der Waals surface area contributed by atoms with Gasteiger partial charge in [0.2, 0.25) is 0 Å². The van der Waals surface area contributed by atoms with Gasteiger partial charge in [0.05, 0.1) is 17.6 Å². The number of unbranched alkanes of at least 4 members (excludes halogenated alkanes) is 1. The fraction of sp³-hybridized carbons (Fsp3) is 0.240. The first-order chi connectivity index (χ1) is 13.7. The van der Waals surface area contributed by atoms with Crippen LogP contribution in [0.4, 0.5) is 0 Å². The summed E-state index contributed by atoms with van der Waals surface area (Å²) in [5.74, 6) is 0.992. The third-order valence-electron chi connectivity index (χ3n) is 5.35. The van der Waals surface area contributed by atoms with Crippen LogP contribution < -0.4 is 0 Å². The maximum Gasteiger partial charge on any atom is 0.111 e. The second-order valence-corrected chi connectivity index (χ2v) is 7.24. The Morgan fingerprint density at radius 3 is 2.46 bits per heavy atom. The molecule has 3 nitrogen and oxygen atoms in total. The van der Waals surface area contributed by atoms with Gasteiger partial charge in [-0.3, -0.25) is 4.57 Å². The lowest BCUT2D eigenvalue weighted by molar-refractivity contribution is 0.282. The zero-order valence-electron chi connectivity index (χ0n) is 16.5. The van der Waals surface area contributed by atoms with Gasteiger partial charge in [-0.25, -0.2) is 4.98 Å². The van der Waals surface area contributed by atoms with Crippen LogP contribution in [0, 0.1) is 6.92 Å². The SMILES string of the molecule is CCCCc1cc(-n2c(C)nc3ccccc32)ccc1-c1ccccc1CO. The van der Waals surface area contributed by atoms with Crippen LogP contribution in [0.2, 0.25) is 0 Å². The molecule has 0 radical (unpaired) electrons. The molecular formula is C25H26N2O. The molecular weight excluding hydrogens is 344 g/mol. The Balaban J connectivity index is 1.88. The molecule has 0 saturated carbocycles. The standard InChI is InChI=1S/C25H26N2O/c1-3-4-9-19-16-21(27-18(2)26-24-12-7-8-13-25(24)27)14-15-23(19)22-11-6-5-10-20(22)17-28/h5-8,10-16,28H,3-4,9,17H2,1-2H3. The highest BCUT2D eigenvalue weighted by molar-refractivity contribution is 5.79. The summed E-state index contributed by atoms with van der Waals surface area (Å²) >= 11 is 0. The van der Waals surface area contributed by atoms with E-state index in [9.17, 15) is 5.11 Å². The van der Waals surface area contributed by atoms with Crippen molar-refractivity contribution in [2.75, 3.05) is 0 Å². The molecule has 0 saturated heterocycles. The fourth-order valence-corrected chi connectivity index (χ4v) is 3.95. The van der Waals surface area contributed by atoms with Crippen molar-refractivity contribution in [3.63, 3.8) is 0 Å². The van der Waals surface area contributed by atoms with E-state index in [0.29, 0.717) is 0 Å². The lowest BCUT2D eigenvalue weighted by atomic mass is 9.92. The zero-order chi connectivity index (χ0) is 19.5. The van der Waals surface area contributed by atoms with E-state index in [-0.39, 0.29) is 6.61 Å². The molecule has 0 unspecified atom stereocenters.